The summed E-state index contributed by atoms with van der Waals surface area (Å²) in [5.41, 5.74) is 3.12. The minimum atomic E-state index is -0.631. The van der Waals surface area contributed by atoms with Gasteiger partial charge < -0.3 is 4.90 Å². The van der Waals surface area contributed by atoms with Crippen molar-refractivity contribution in [3.05, 3.63) is 99.5 Å². The summed E-state index contributed by atoms with van der Waals surface area (Å²) in [6.45, 7) is 2.24. The van der Waals surface area contributed by atoms with Gasteiger partial charge in [0.05, 0.1) is 10.9 Å². The Morgan fingerprint density at radius 1 is 0.953 bits per heavy atom. The molecule has 0 spiro atoms. The fourth-order valence-electron chi connectivity index (χ4n) is 6.48. The molecule has 2 aromatic carbocycles. The zero-order valence-electron chi connectivity index (χ0n) is 23.3. The first kappa shape index (κ1) is 27.1. The van der Waals surface area contributed by atoms with Crippen molar-refractivity contribution in [2.75, 3.05) is 13.1 Å². The van der Waals surface area contributed by atoms with Gasteiger partial charge in [-0.2, -0.15) is 0 Å². The average Bonchev–Trinajstić information content (AvgIpc) is 3.34. The van der Waals surface area contributed by atoms with E-state index in [9.17, 15) is 19.2 Å². The zero-order chi connectivity index (χ0) is 29.7. The molecule has 3 aliphatic rings. The Kier molecular flexibility index (Phi) is 6.81. The van der Waals surface area contributed by atoms with E-state index in [0.717, 1.165) is 37.1 Å². The van der Waals surface area contributed by atoms with Gasteiger partial charge in [0.1, 0.15) is 24.0 Å². The van der Waals surface area contributed by atoms with Gasteiger partial charge in [-0.15, -0.1) is 0 Å². The van der Waals surface area contributed by atoms with Crippen molar-refractivity contribution in [1.82, 2.24) is 29.7 Å². The number of aromatic nitrogens is 3. The lowest BCUT2D eigenvalue weighted by atomic mass is 9.87. The molecule has 4 aromatic rings. The van der Waals surface area contributed by atoms with E-state index in [2.05, 4.69) is 26.3 Å². The number of halogens is 1. The molecule has 10 nitrogen and oxygen atoms in total. The predicted molar refractivity (Wildman–Crippen MR) is 155 cm³/mol. The summed E-state index contributed by atoms with van der Waals surface area (Å²) in [6, 6.07) is 13.5. The number of hydrogen-bond acceptors (Lipinski definition) is 7. The second-order valence-electron chi connectivity index (χ2n) is 11.4. The third kappa shape index (κ3) is 4.99. The Bertz CT molecular complexity index is 1830. The number of nitrogens with one attached hydrogen (secondary N) is 1. The molecule has 1 atom stereocenters. The van der Waals surface area contributed by atoms with Crippen molar-refractivity contribution in [2.24, 2.45) is 0 Å². The van der Waals surface area contributed by atoms with Crippen LogP contribution in [-0.2, 0) is 22.7 Å². The second kappa shape index (κ2) is 10.8. The van der Waals surface area contributed by atoms with Crippen molar-refractivity contribution in [1.29, 1.82) is 0 Å². The molecule has 0 aliphatic carbocycles. The van der Waals surface area contributed by atoms with E-state index in [0.29, 0.717) is 47.4 Å². The molecule has 7 rings (SSSR count). The van der Waals surface area contributed by atoms with Gasteiger partial charge in [0.25, 0.3) is 11.5 Å². The topological polar surface area (TPSA) is 118 Å². The van der Waals surface area contributed by atoms with Crippen LogP contribution in [0.15, 0.2) is 65.8 Å². The molecule has 3 aliphatic heterocycles. The standard InChI is InChI=1S/C32H29FN6O4/c33-25-15-26-24(32(43)39(18-35-26)28-3-1-2-10-34-28)14-22(25)16-37-11-8-19(9-12-37)20-4-5-23-21(13-20)17-38(31(23)42)27-6-7-29(40)36-30(27)41/h1-5,10,13-15,18-19,27H,6-9,11-12,16-17H2,(H,36,40,41). The number of likely N-dealkylation sites (tertiary alicyclic amines) is 1. The van der Waals surface area contributed by atoms with E-state index < -0.39 is 11.9 Å². The maximum Gasteiger partial charge on any atom is 0.266 e. The molecule has 218 valence electrons. The summed E-state index contributed by atoms with van der Waals surface area (Å²) in [6.07, 6.45) is 5.27. The quantitative estimate of drug-likeness (QED) is 0.361. The number of hydrogen-bond donors (Lipinski definition) is 1. The summed E-state index contributed by atoms with van der Waals surface area (Å²) >= 11 is 0. The number of fused-ring (bicyclic) bond motifs is 2. The van der Waals surface area contributed by atoms with Crippen LogP contribution in [0.1, 0.15) is 58.6 Å². The lowest BCUT2D eigenvalue weighted by molar-refractivity contribution is -0.136. The van der Waals surface area contributed by atoms with Crippen LogP contribution >= 0.6 is 0 Å². The molecule has 5 heterocycles. The van der Waals surface area contributed by atoms with Crippen molar-refractivity contribution < 1.29 is 18.8 Å². The van der Waals surface area contributed by atoms with Crippen molar-refractivity contribution in [2.45, 2.75) is 50.7 Å². The highest BCUT2D eigenvalue weighted by Gasteiger charge is 2.39. The smallest absolute Gasteiger partial charge is 0.266 e. The lowest BCUT2D eigenvalue weighted by Crippen LogP contribution is -2.52. The number of carbonyl (C=O) groups is 3. The van der Waals surface area contributed by atoms with Crippen LogP contribution in [0.25, 0.3) is 16.7 Å². The summed E-state index contributed by atoms with van der Waals surface area (Å²) in [5.74, 6) is -0.537. The van der Waals surface area contributed by atoms with Crippen LogP contribution in [0.2, 0.25) is 0 Å². The summed E-state index contributed by atoms with van der Waals surface area (Å²) in [5, 5.41) is 2.69. The Balaban J connectivity index is 1.03. The highest BCUT2D eigenvalue weighted by molar-refractivity contribution is 6.05. The van der Waals surface area contributed by atoms with Gasteiger partial charge >= 0.3 is 0 Å². The maximum atomic E-state index is 15.1. The molecular formula is C32H29FN6O4. The van der Waals surface area contributed by atoms with Gasteiger partial charge in [-0.3, -0.25) is 34.0 Å². The largest absolute Gasteiger partial charge is 0.322 e. The first-order valence-electron chi connectivity index (χ1n) is 14.5. The van der Waals surface area contributed by atoms with E-state index in [1.54, 1.807) is 35.4 Å². The third-order valence-corrected chi connectivity index (χ3v) is 8.82. The molecule has 2 aromatic heterocycles. The Morgan fingerprint density at radius 2 is 1.79 bits per heavy atom. The van der Waals surface area contributed by atoms with Crippen LogP contribution in [0.5, 0.6) is 0 Å². The minimum Gasteiger partial charge on any atom is -0.322 e. The normalized spacial score (nSPS) is 19.6. The Hall–Kier alpha value is -4.77. The number of carbonyl (C=O) groups excluding carboxylic acids is 3. The van der Waals surface area contributed by atoms with Gasteiger partial charge in [0.15, 0.2) is 0 Å². The number of imide groups is 1. The molecule has 43 heavy (non-hydrogen) atoms. The fraction of sp³-hybridized carbons (Fsp3) is 0.312. The molecule has 1 N–H and O–H groups in total. The number of pyridine rings is 1. The van der Waals surface area contributed by atoms with E-state index in [4.69, 9.17) is 0 Å². The van der Waals surface area contributed by atoms with Crippen LogP contribution in [0.4, 0.5) is 4.39 Å². The number of amides is 3. The molecule has 0 radical (unpaired) electrons. The molecule has 2 fully saturated rings. The first-order chi connectivity index (χ1) is 20.9. The van der Waals surface area contributed by atoms with Crippen LogP contribution in [0.3, 0.4) is 0 Å². The van der Waals surface area contributed by atoms with Gasteiger partial charge in [0.2, 0.25) is 11.8 Å². The van der Waals surface area contributed by atoms with Crippen molar-refractivity contribution >= 4 is 28.6 Å². The van der Waals surface area contributed by atoms with E-state index in [1.807, 2.05) is 12.1 Å². The van der Waals surface area contributed by atoms with E-state index in [1.165, 1.54) is 17.0 Å². The number of rotatable bonds is 5. The van der Waals surface area contributed by atoms with Gasteiger partial charge in [-0.25, -0.2) is 14.4 Å². The minimum absolute atomic E-state index is 0.176. The fourth-order valence-corrected chi connectivity index (χ4v) is 6.48. The maximum absolute atomic E-state index is 15.1. The second-order valence-corrected chi connectivity index (χ2v) is 11.4. The van der Waals surface area contributed by atoms with Crippen molar-refractivity contribution in [3.8, 4) is 5.82 Å². The molecule has 11 heteroatoms. The highest BCUT2D eigenvalue weighted by atomic mass is 19.1. The highest BCUT2D eigenvalue weighted by Crippen LogP contribution is 2.34. The molecule has 3 amide bonds. The average molecular weight is 581 g/mol. The predicted octanol–water partition coefficient (Wildman–Crippen LogP) is 3.06. The van der Waals surface area contributed by atoms with Gasteiger partial charge in [0, 0.05) is 42.9 Å². The molecule has 1 unspecified atom stereocenters. The number of piperidine rings is 2. The van der Waals surface area contributed by atoms with Gasteiger partial charge in [-0.05, 0) is 73.7 Å². The Morgan fingerprint density at radius 3 is 2.56 bits per heavy atom. The Labute approximate surface area is 246 Å². The van der Waals surface area contributed by atoms with Crippen LogP contribution < -0.4 is 10.9 Å². The van der Waals surface area contributed by atoms with Crippen LogP contribution in [0, 0.1) is 5.82 Å². The van der Waals surface area contributed by atoms with Gasteiger partial charge in [-0.1, -0.05) is 18.2 Å². The summed E-state index contributed by atoms with van der Waals surface area (Å²) in [7, 11) is 0. The zero-order valence-corrected chi connectivity index (χ0v) is 23.3. The summed E-state index contributed by atoms with van der Waals surface area (Å²) in [4.78, 5) is 62.4. The van der Waals surface area contributed by atoms with Crippen molar-refractivity contribution in [3.63, 3.8) is 0 Å². The monoisotopic (exact) mass is 580 g/mol. The summed E-state index contributed by atoms with van der Waals surface area (Å²) < 4.78 is 16.4. The number of benzene rings is 2. The molecule has 2 saturated heterocycles. The lowest BCUT2D eigenvalue weighted by Gasteiger charge is -2.32. The molecule has 0 saturated carbocycles. The molecular weight excluding hydrogens is 551 g/mol. The number of nitrogens with zero attached hydrogens (tertiary/aromatic N) is 5. The SMILES string of the molecule is O=C1CCC(N2Cc3cc(C4CCN(Cc5cc6c(=O)n(-c7ccccn7)cnc6cc5F)CC4)ccc3C2=O)C(=O)N1. The van der Waals surface area contributed by atoms with Crippen LogP contribution in [-0.4, -0.2) is 61.2 Å². The first-order valence-corrected chi connectivity index (χ1v) is 14.5. The molecule has 0 bridgehead atoms. The van der Waals surface area contributed by atoms with E-state index in [-0.39, 0.29) is 35.5 Å². The van der Waals surface area contributed by atoms with E-state index >= 15 is 4.39 Å². The third-order valence-electron chi connectivity index (χ3n) is 8.82.